The zero-order chi connectivity index (χ0) is 13.8. The van der Waals surface area contributed by atoms with Crippen LogP contribution in [0.3, 0.4) is 0 Å². The fraction of sp³-hybridized carbons (Fsp3) is 0.0588. The van der Waals surface area contributed by atoms with Gasteiger partial charge in [0.1, 0.15) is 0 Å². The zero-order valence-corrected chi connectivity index (χ0v) is 10.9. The average Bonchev–Trinajstić information content (AvgIpc) is 2.48. The van der Waals surface area contributed by atoms with Crippen LogP contribution in [0.1, 0.15) is 5.56 Å². The van der Waals surface area contributed by atoms with Crippen LogP contribution in [0.4, 0.5) is 5.69 Å². The lowest BCUT2D eigenvalue weighted by Gasteiger charge is -2.08. The molecule has 0 saturated heterocycles. The summed E-state index contributed by atoms with van der Waals surface area (Å²) >= 11 is 0. The maximum Gasteiger partial charge on any atom is 0.228 e. The van der Waals surface area contributed by atoms with E-state index in [0.717, 1.165) is 22.0 Å². The van der Waals surface area contributed by atoms with Crippen molar-refractivity contribution in [2.45, 2.75) is 6.42 Å². The number of pyridine rings is 1. The first-order valence-electron chi connectivity index (χ1n) is 6.49. The Morgan fingerprint density at radius 2 is 1.85 bits per heavy atom. The Labute approximate surface area is 117 Å². The third-order valence-electron chi connectivity index (χ3n) is 3.15. The summed E-state index contributed by atoms with van der Waals surface area (Å²) in [5.41, 5.74) is 1.75. The lowest BCUT2D eigenvalue weighted by atomic mass is 10.1. The molecule has 0 aliphatic heterocycles. The first kappa shape index (κ1) is 12.4. The summed E-state index contributed by atoms with van der Waals surface area (Å²) in [5.74, 6) is -0.0330. The van der Waals surface area contributed by atoms with Gasteiger partial charge in [0.25, 0.3) is 0 Å². The number of amides is 1. The Balaban J connectivity index is 1.81. The highest BCUT2D eigenvalue weighted by Crippen LogP contribution is 2.22. The van der Waals surface area contributed by atoms with Crippen LogP contribution < -0.4 is 5.32 Å². The topological polar surface area (TPSA) is 42.0 Å². The number of carbonyl (C=O) groups excluding carboxylic acids is 1. The van der Waals surface area contributed by atoms with Gasteiger partial charge in [0, 0.05) is 23.5 Å². The molecule has 0 spiro atoms. The average molecular weight is 262 g/mol. The van der Waals surface area contributed by atoms with E-state index < -0.39 is 0 Å². The zero-order valence-electron chi connectivity index (χ0n) is 10.9. The second-order valence-corrected chi connectivity index (χ2v) is 4.61. The van der Waals surface area contributed by atoms with Crippen LogP contribution in [0.15, 0.2) is 67.0 Å². The number of fused-ring (bicyclic) bond motifs is 1. The van der Waals surface area contributed by atoms with Gasteiger partial charge in [0.15, 0.2) is 0 Å². The molecule has 0 saturated carbocycles. The van der Waals surface area contributed by atoms with Crippen LogP contribution in [0.5, 0.6) is 0 Å². The van der Waals surface area contributed by atoms with Crippen molar-refractivity contribution in [3.8, 4) is 0 Å². The number of aromatic nitrogens is 1. The summed E-state index contributed by atoms with van der Waals surface area (Å²) < 4.78 is 0. The Hall–Kier alpha value is -2.68. The van der Waals surface area contributed by atoms with Gasteiger partial charge in [0.2, 0.25) is 5.91 Å². The van der Waals surface area contributed by atoms with Crippen LogP contribution in [-0.2, 0) is 11.2 Å². The second-order valence-electron chi connectivity index (χ2n) is 4.61. The van der Waals surface area contributed by atoms with Crippen molar-refractivity contribution in [2.75, 3.05) is 5.32 Å². The maximum absolute atomic E-state index is 12.1. The number of nitrogens with zero attached hydrogens (tertiary/aromatic N) is 1. The van der Waals surface area contributed by atoms with Crippen LogP contribution in [0.25, 0.3) is 10.8 Å². The predicted molar refractivity (Wildman–Crippen MR) is 80.5 cm³/mol. The summed E-state index contributed by atoms with van der Waals surface area (Å²) in [5, 5.41) is 5.13. The van der Waals surface area contributed by atoms with Gasteiger partial charge >= 0.3 is 0 Å². The smallest absolute Gasteiger partial charge is 0.228 e. The molecule has 1 amide bonds. The molecule has 3 aromatic rings. The quantitative estimate of drug-likeness (QED) is 0.786. The molecule has 1 aromatic heterocycles. The molecule has 3 nitrogen and oxygen atoms in total. The molecule has 20 heavy (non-hydrogen) atoms. The van der Waals surface area contributed by atoms with E-state index in [1.807, 2.05) is 54.6 Å². The first-order valence-corrected chi connectivity index (χ1v) is 6.49. The fourth-order valence-electron chi connectivity index (χ4n) is 2.22. The van der Waals surface area contributed by atoms with E-state index in [4.69, 9.17) is 0 Å². The van der Waals surface area contributed by atoms with Crippen molar-refractivity contribution in [1.82, 2.24) is 4.98 Å². The van der Waals surface area contributed by atoms with Gasteiger partial charge in [-0.25, -0.2) is 0 Å². The molecule has 0 fully saturated rings. The minimum absolute atomic E-state index is 0.0330. The Morgan fingerprint density at radius 1 is 1.00 bits per heavy atom. The molecule has 2 aromatic carbocycles. The number of benzene rings is 2. The molecule has 1 heterocycles. The van der Waals surface area contributed by atoms with Crippen LogP contribution in [-0.4, -0.2) is 10.9 Å². The number of rotatable bonds is 3. The molecule has 98 valence electrons. The molecule has 0 bridgehead atoms. The van der Waals surface area contributed by atoms with E-state index in [1.54, 1.807) is 12.4 Å². The third kappa shape index (κ3) is 2.67. The summed E-state index contributed by atoms with van der Waals surface area (Å²) in [6.45, 7) is 0. The molecule has 1 N–H and O–H groups in total. The predicted octanol–water partition coefficient (Wildman–Crippen LogP) is 3.42. The van der Waals surface area contributed by atoms with Crippen molar-refractivity contribution in [2.24, 2.45) is 0 Å². The van der Waals surface area contributed by atoms with Crippen molar-refractivity contribution < 1.29 is 4.79 Å². The maximum atomic E-state index is 12.1. The SMILES string of the molecule is O=C(Cc1cccnc1)Nc1cccc2ccccc12. The summed E-state index contributed by atoms with van der Waals surface area (Å²) in [6, 6.07) is 17.6. The Bertz CT molecular complexity index is 733. The largest absolute Gasteiger partial charge is 0.325 e. The van der Waals surface area contributed by atoms with E-state index in [9.17, 15) is 4.79 Å². The standard InChI is InChI=1S/C17H14N2O/c20-17(11-13-5-4-10-18-12-13)19-16-9-3-7-14-6-1-2-8-15(14)16/h1-10,12H,11H2,(H,19,20). The monoisotopic (exact) mass is 262 g/mol. The van der Waals surface area contributed by atoms with Crippen LogP contribution in [0.2, 0.25) is 0 Å². The lowest BCUT2D eigenvalue weighted by molar-refractivity contribution is -0.115. The summed E-state index contributed by atoms with van der Waals surface area (Å²) in [6.07, 6.45) is 3.74. The molecular weight excluding hydrogens is 248 g/mol. The molecular formula is C17H14N2O. The van der Waals surface area contributed by atoms with E-state index in [2.05, 4.69) is 10.3 Å². The molecule has 3 heteroatoms. The number of hydrogen-bond donors (Lipinski definition) is 1. The normalized spacial score (nSPS) is 10.4. The number of anilines is 1. The molecule has 0 atom stereocenters. The molecule has 0 radical (unpaired) electrons. The number of carbonyl (C=O) groups is 1. The van der Waals surface area contributed by atoms with Gasteiger partial charge in [-0.05, 0) is 23.1 Å². The van der Waals surface area contributed by atoms with Crippen LogP contribution >= 0.6 is 0 Å². The highest BCUT2D eigenvalue weighted by atomic mass is 16.1. The van der Waals surface area contributed by atoms with E-state index in [1.165, 1.54) is 0 Å². The number of hydrogen-bond acceptors (Lipinski definition) is 2. The minimum Gasteiger partial charge on any atom is -0.325 e. The van der Waals surface area contributed by atoms with Crippen molar-refractivity contribution in [3.05, 3.63) is 72.6 Å². The Morgan fingerprint density at radius 3 is 2.70 bits per heavy atom. The highest BCUT2D eigenvalue weighted by molar-refractivity contribution is 6.02. The van der Waals surface area contributed by atoms with E-state index >= 15 is 0 Å². The fourth-order valence-corrected chi connectivity index (χ4v) is 2.22. The summed E-state index contributed by atoms with van der Waals surface area (Å²) in [4.78, 5) is 16.1. The molecule has 0 unspecified atom stereocenters. The second kappa shape index (κ2) is 5.53. The van der Waals surface area contributed by atoms with Gasteiger partial charge in [-0.1, -0.05) is 42.5 Å². The number of nitrogens with one attached hydrogen (secondary N) is 1. The molecule has 0 aliphatic carbocycles. The highest BCUT2D eigenvalue weighted by Gasteiger charge is 2.06. The van der Waals surface area contributed by atoms with Gasteiger partial charge in [-0.15, -0.1) is 0 Å². The molecule has 0 aliphatic rings. The van der Waals surface area contributed by atoms with Gasteiger partial charge in [-0.2, -0.15) is 0 Å². The Kier molecular flexibility index (Phi) is 3.42. The van der Waals surface area contributed by atoms with Crippen molar-refractivity contribution >= 4 is 22.4 Å². The van der Waals surface area contributed by atoms with Gasteiger partial charge in [-0.3, -0.25) is 9.78 Å². The minimum atomic E-state index is -0.0330. The third-order valence-corrected chi connectivity index (χ3v) is 3.15. The van der Waals surface area contributed by atoms with E-state index in [-0.39, 0.29) is 5.91 Å². The van der Waals surface area contributed by atoms with E-state index in [0.29, 0.717) is 6.42 Å². The van der Waals surface area contributed by atoms with Crippen molar-refractivity contribution in [3.63, 3.8) is 0 Å². The van der Waals surface area contributed by atoms with Gasteiger partial charge in [0.05, 0.1) is 6.42 Å². The van der Waals surface area contributed by atoms with Crippen LogP contribution in [0, 0.1) is 0 Å². The molecule has 3 rings (SSSR count). The lowest BCUT2D eigenvalue weighted by Crippen LogP contribution is -2.14. The van der Waals surface area contributed by atoms with Crippen molar-refractivity contribution in [1.29, 1.82) is 0 Å². The van der Waals surface area contributed by atoms with Gasteiger partial charge < -0.3 is 5.32 Å². The first-order chi connectivity index (χ1) is 9.83. The summed E-state index contributed by atoms with van der Waals surface area (Å²) in [7, 11) is 0.